The minimum atomic E-state index is -1.47. The van der Waals surface area contributed by atoms with Crippen LogP contribution in [0.25, 0.3) is 0 Å². The van der Waals surface area contributed by atoms with Gasteiger partial charge in [-0.05, 0) is 49.4 Å². The molecule has 3 fully saturated rings. The highest BCUT2D eigenvalue weighted by molar-refractivity contribution is 5.91. The Morgan fingerprint density at radius 2 is 1.75 bits per heavy atom. The predicted octanol–water partition coefficient (Wildman–Crippen LogP) is 3.42. The largest absolute Gasteiger partial charge is 0.461 e. The van der Waals surface area contributed by atoms with E-state index < -0.39 is 88.4 Å². The van der Waals surface area contributed by atoms with Crippen LogP contribution in [0, 0.1) is 34.0 Å². The number of benzene rings is 1. The lowest BCUT2D eigenvalue weighted by molar-refractivity contribution is -0.302. The van der Waals surface area contributed by atoms with Crippen molar-refractivity contribution in [2.45, 2.75) is 104 Å². The molecule has 11 nitrogen and oxygen atoms in total. The number of hydrogen-bond acceptors (Lipinski definition) is 11. The van der Waals surface area contributed by atoms with E-state index in [9.17, 15) is 24.3 Å². The van der Waals surface area contributed by atoms with Gasteiger partial charge in [0.05, 0.1) is 36.3 Å². The van der Waals surface area contributed by atoms with Crippen molar-refractivity contribution in [1.29, 1.82) is 0 Å². The Balaban J connectivity index is 1.61. The van der Waals surface area contributed by atoms with E-state index >= 15 is 0 Å². The number of carbonyl (C=O) groups is 4. The number of aliphatic hydroxyl groups is 1. The second-order valence-electron chi connectivity index (χ2n) is 15.3. The maximum atomic E-state index is 15.0. The van der Waals surface area contributed by atoms with Crippen molar-refractivity contribution in [3.63, 3.8) is 0 Å². The summed E-state index contributed by atoms with van der Waals surface area (Å²) in [5.41, 5.74) is 3.67. The molecule has 4 N–H and O–H groups in total. The predicted molar refractivity (Wildman–Crippen MR) is 176 cm³/mol. The molecule has 11 heteroatoms. The van der Waals surface area contributed by atoms with E-state index in [1.807, 2.05) is 71.9 Å². The van der Waals surface area contributed by atoms with Gasteiger partial charge in [-0.1, -0.05) is 65.0 Å². The first-order valence-corrected chi connectivity index (χ1v) is 17.0. The minimum Gasteiger partial charge on any atom is -0.461 e. The van der Waals surface area contributed by atoms with Gasteiger partial charge >= 0.3 is 17.9 Å². The zero-order valence-electron chi connectivity index (χ0n) is 29.6. The van der Waals surface area contributed by atoms with Gasteiger partial charge in [0.1, 0.15) is 18.0 Å². The first-order chi connectivity index (χ1) is 22.4. The summed E-state index contributed by atoms with van der Waals surface area (Å²) in [7, 11) is 1.66. The molecular weight excluding hydrogens is 616 g/mol. The van der Waals surface area contributed by atoms with Crippen LogP contribution in [0.15, 0.2) is 41.5 Å². The van der Waals surface area contributed by atoms with Crippen molar-refractivity contribution in [2.24, 2.45) is 39.7 Å². The topological polar surface area (TPSA) is 163 Å². The van der Waals surface area contributed by atoms with Gasteiger partial charge in [-0.3, -0.25) is 14.4 Å². The number of esters is 3. The number of rotatable bonds is 8. The highest BCUT2D eigenvalue weighted by Gasteiger charge is 2.73. The summed E-state index contributed by atoms with van der Waals surface area (Å²) >= 11 is 0. The molecule has 264 valence electrons. The van der Waals surface area contributed by atoms with Gasteiger partial charge in [0.2, 0.25) is 6.10 Å². The van der Waals surface area contributed by atoms with Crippen LogP contribution in [-0.4, -0.2) is 79.0 Å². The number of ketones is 1. The summed E-state index contributed by atoms with van der Waals surface area (Å²) in [5.74, 6) is -3.77. The molecule has 48 heavy (non-hydrogen) atoms. The molecule has 0 spiro atoms. The summed E-state index contributed by atoms with van der Waals surface area (Å²) < 4.78 is 23.8. The van der Waals surface area contributed by atoms with Crippen LogP contribution in [0.4, 0.5) is 0 Å². The minimum absolute atomic E-state index is 0.0443. The summed E-state index contributed by atoms with van der Waals surface area (Å²) in [5, 5.41) is 16.2. The van der Waals surface area contributed by atoms with E-state index in [0.717, 1.165) is 0 Å². The van der Waals surface area contributed by atoms with Crippen molar-refractivity contribution in [3.8, 4) is 0 Å². The normalized spacial score (nSPS) is 38.2. The zero-order chi connectivity index (χ0) is 35.6. The molecule has 1 aromatic rings. The van der Waals surface area contributed by atoms with Gasteiger partial charge < -0.3 is 35.1 Å². The number of fused-ring (bicyclic) bond motifs is 5. The van der Waals surface area contributed by atoms with Gasteiger partial charge in [0, 0.05) is 36.5 Å². The van der Waals surface area contributed by atoms with E-state index in [4.69, 9.17) is 24.7 Å². The zero-order valence-corrected chi connectivity index (χ0v) is 29.6. The molecule has 4 aliphatic rings. The van der Waals surface area contributed by atoms with Crippen LogP contribution >= 0.6 is 0 Å². The summed E-state index contributed by atoms with van der Waals surface area (Å²) in [6.45, 7) is 14.9. The molecule has 0 amide bonds. The number of hydrogen-bond donors (Lipinski definition) is 3. The summed E-state index contributed by atoms with van der Waals surface area (Å²) in [6, 6.07) is 8.35. The fraction of sp³-hybridized carbons (Fsp3) is 0.676. The Morgan fingerprint density at radius 1 is 1.10 bits per heavy atom. The molecule has 3 aliphatic carbocycles. The SMILES string of the molecule is CN[C@@H](c1ccccc1)[C@@H](OC(=O)CN)C(=O)O[C@H]1C[C@@]2(O)[C@@H](C)[C@@H]3[C@]4(C)CO[C@@H]4C[C@H](OC(C)=O)[C@@]3(C)C(=O)[C@H](C)C(=C1C)C2(C)C. The van der Waals surface area contributed by atoms with Crippen LogP contribution in [-0.2, 0) is 38.1 Å². The summed E-state index contributed by atoms with van der Waals surface area (Å²) in [4.78, 5) is 54.0. The third kappa shape index (κ3) is 5.32. The van der Waals surface area contributed by atoms with E-state index in [-0.39, 0.29) is 18.3 Å². The Morgan fingerprint density at radius 3 is 2.29 bits per heavy atom. The van der Waals surface area contributed by atoms with E-state index in [1.165, 1.54) is 6.92 Å². The molecule has 1 saturated heterocycles. The Kier molecular flexibility index (Phi) is 9.53. The van der Waals surface area contributed by atoms with E-state index in [0.29, 0.717) is 29.7 Å². The molecule has 0 aromatic heterocycles. The average molecular weight is 669 g/mol. The average Bonchev–Trinajstić information content (AvgIpc) is 3.03. The third-order valence-corrected chi connectivity index (χ3v) is 12.6. The van der Waals surface area contributed by atoms with Crippen molar-refractivity contribution < 1.29 is 43.2 Å². The molecule has 5 rings (SSSR count). The monoisotopic (exact) mass is 668 g/mol. The molecule has 0 radical (unpaired) electrons. The second-order valence-corrected chi connectivity index (χ2v) is 15.3. The summed E-state index contributed by atoms with van der Waals surface area (Å²) in [6.07, 6.45) is -2.84. The van der Waals surface area contributed by atoms with E-state index in [2.05, 4.69) is 12.2 Å². The molecule has 0 unspecified atom stereocenters. The number of nitrogens with two attached hydrogens (primary N) is 1. The number of nitrogens with one attached hydrogen (secondary N) is 1. The number of ether oxygens (including phenoxy) is 4. The third-order valence-electron chi connectivity index (χ3n) is 12.6. The maximum absolute atomic E-state index is 15.0. The van der Waals surface area contributed by atoms with Gasteiger partial charge in [-0.15, -0.1) is 0 Å². The number of Topliss-reactive ketones (excluding diaryl/α,β-unsaturated/α-hetero) is 1. The lowest BCUT2D eigenvalue weighted by Crippen LogP contribution is -2.74. The quantitative estimate of drug-likeness (QED) is 0.211. The van der Waals surface area contributed by atoms with Gasteiger partial charge in [-0.2, -0.15) is 0 Å². The highest BCUT2D eigenvalue weighted by Crippen LogP contribution is 2.68. The molecule has 1 heterocycles. The molecule has 1 aliphatic heterocycles. The van der Waals surface area contributed by atoms with Crippen molar-refractivity contribution in [1.82, 2.24) is 5.32 Å². The van der Waals surface area contributed by atoms with Crippen LogP contribution < -0.4 is 11.1 Å². The van der Waals surface area contributed by atoms with Gasteiger partial charge in [0.25, 0.3) is 0 Å². The van der Waals surface area contributed by atoms with Crippen molar-refractivity contribution in [2.75, 3.05) is 20.2 Å². The standard InChI is InChI=1S/C37H52N2O9/c1-19-24(47-33(43)30(48-27(41)17-38)29(39-9)23-13-11-10-12-14-23)16-37(44)21(3)31-35(7)18-45-25(35)15-26(46-22(4)40)36(31,8)32(42)20(2)28(19)34(37,5)6/h10-14,20-21,24-26,29-31,39,44H,15-18,38H2,1-9H3/t20-,21+,24+,25-,26+,29+,30-,31-,35-,36-,37-/m1/s1. The first-order valence-electron chi connectivity index (χ1n) is 17.0. The molecule has 2 bridgehead atoms. The number of carbonyl (C=O) groups excluding carboxylic acids is 4. The lowest BCUT2D eigenvalue weighted by atomic mass is 9.40. The van der Waals surface area contributed by atoms with E-state index in [1.54, 1.807) is 7.05 Å². The second kappa shape index (κ2) is 12.6. The lowest BCUT2D eigenvalue weighted by Gasteiger charge is -2.69. The molecule has 11 atom stereocenters. The van der Waals surface area contributed by atoms with Crippen LogP contribution in [0.1, 0.15) is 79.8 Å². The maximum Gasteiger partial charge on any atom is 0.350 e. The van der Waals surface area contributed by atoms with Crippen molar-refractivity contribution >= 4 is 23.7 Å². The van der Waals surface area contributed by atoms with Gasteiger partial charge in [-0.25, -0.2) is 4.79 Å². The Bertz CT molecular complexity index is 1490. The Labute approximate surface area is 283 Å². The molecule has 1 aromatic carbocycles. The fourth-order valence-electron chi connectivity index (χ4n) is 10.2. The molecule has 2 saturated carbocycles. The van der Waals surface area contributed by atoms with Crippen LogP contribution in [0.5, 0.6) is 0 Å². The molecular formula is C37H52N2O9. The Hall–Kier alpha value is -3.12. The fourth-order valence-corrected chi connectivity index (χ4v) is 10.2. The smallest absolute Gasteiger partial charge is 0.350 e. The van der Waals surface area contributed by atoms with Gasteiger partial charge in [0.15, 0.2) is 0 Å². The van der Waals surface area contributed by atoms with Crippen LogP contribution in [0.2, 0.25) is 0 Å². The highest BCUT2D eigenvalue weighted by atomic mass is 16.6. The van der Waals surface area contributed by atoms with Crippen LogP contribution in [0.3, 0.4) is 0 Å². The van der Waals surface area contributed by atoms with Crippen molar-refractivity contribution in [3.05, 3.63) is 47.0 Å². The number of likely N-dealkylation sites (N-methyl/N-ethyl adjacent to an activating group) is 1. The first kappa shape index (κ1) is 36.2.